The molecule has 0 saturated carbocycles. The molecule has 1 aromatic rings. The number of carboxylic acid groups (broad SMARTS) is 1. The summed E-state index contributed by atoms with van der Waals surface area (Å²) in [6.45, 7) is 0.666. The number of halogens is 2. The smallest absolute Gasteiger partial charge is 0.328 e. The SMILES string of the molecule is CN(C/C=C/C(=O)O)Cc1ccc(F)cc1F. The van der Waals surface area contributed by atoms with Crippen LogP contribution in [0.4, 0.5) is 8.78 Å². The van der Waals surface area contributed by atoms with Gasteiger partial charge in [-0.2, -0.15) is 0 Å². The summed E-state index contributed by atoms with van der Waals surface area (Å²) in [6, 6.07) is 3.40. The number of carboxylic acids is 1. The molecule has 0 radical (unpaired) electrons. The van der Waals surface area contributed by atoms with E-state index in [0.29, 0.717) is 12.1 Å². The minimum Gasteiger partial charge on any atom is -0.478 e. The molecule has 0 fully saturated rings. The Balaban J connectivity index is 2.56. The molecule has 3 nitrogen and oxygen atoms in total. The van der Waals surface area contributed by atoms with Crippen molar-refractivity contribution in [1.82, 2.24) is 4.90 Å². The van der Waals surface area contributed by atoms with Gasteiger partial charge in [0.05, 0.1) is 0 Å². The van der Waals surface area contributed by atoms with E-state index in [9.17, 15) is 13.6 Å². The first-order valence-corrected chi connectivity index (χ1v) is 5.01. The molecule has 92 valence electrons. The van der Waals surface area contributed by atoms with Crippen LogP contribution < -0.4 is 0 Å². The van der Waals surface area contributed by atoms with Crippen LogP contribution >= 0.6 is 0 Å². The molecule has 0 heterocycles. The molecule has 0 aliphatic heterocycles. The van der Waals surface area contributed by atoms with E-state index in [1.165, 1.54) is 18.2 Å². The van der Waals surface area contributed by atoms with Crippen molar-refractivity contribution in [2.45, 2.75) is 6.54 Å². The lowest BCUT2D eigenvalue weighted by Gasteiger charge is -2.14. The Labute approximate surface area is 98.0 Å². The second kappa shape index (κ2) is 6.10. The van der Waals surface area contributed by atoms with Crippen molar-refractivity contribution in [1.29, 1.82) is 0 Å². The maximum Gasteiger partial charge on any atom is 0.328 e. The first-order chi connectivity index (χ1) is 7.99. The van der Waals surface area contributed by atoms with Crippen molar-refractivity contribution >= 4 is 5.97 Å². The van der Waals surface area contributed by atoms with Crippen LogP contribution in [0.25, 0.3) is 0 Å². The van der Waals surface area contributed by atoms with Crippen LogP contribution in [0, 0.1) is 11.6 Å². The minimum atomic E-state index is -1.02. The van der Waals surface area contributed by atoms with Crippen LogP contribution in [0.1, 0.15) is 5.56 Å². The number of hydrogen-bond donors (Lipinski definition) is 1. The highest BCUT2D eigenvalue weighted by molar-refractivity contribution is 5.79. The monoisotopic (exact) mass is 241 g/mol. The number of nitrogens with zero attached hydrogens (tertiary/aromatic N) is 1. The molecule has 0 atom stereocenters. The second-order valence-electron chi connectivity index (χ2n) is 3.67. The number of carbonyl (C=O) groups is 1. The normalized spacial score (nSPS) is 11.3. The first kappa shape index (κ1) is 13.3. The van der Waals surface area contributed by atoms with Gasteiger partial charge in [-0.05, 0) is 13.1 Å². The van der Waals surface area contributed by atoms with Crippen LogP contribution in [0.5, 0.6) is 0 Å². The van der Waals surface area contributed by atoms with Crippen molar-refractivity contribution in [2.24, 2.45) is 0 Å². The van der Waals surface area contributed by atoms with E-state index in [1.807, 2.05) is 0 Å². The van der Waals surface area contributed by atoms with Crippen LogP contribution in [0.2, 0.25) is 0 Å². The summed E-state index contributed by atoms with van der Waals surface area (Å²) in [7, 11) is 1.72. The lowest BCUT2D eigenvalue weighted by atomic mass is 10.2. The Morgan fingerprint density at radius 2 is 2.18 bits per heavy atom. The molecule has 1 N–H and O–H groups in total. The van der Waals surface area contributed by atoms with Crippen LogP contribution in [0.15, 0.2) is 30.4 Å². The van der Waals surface area contributed by atoms with Crippen molar-refractivity contribution in [3.8, 4) is 0 Å². The quantitative estimate of drug-likeness (QED) is 0.802. The number of aliphatic carboxylic acids is 1. The fourth-order valence-corrected chi connectivity index (χ4v) is 1.34. The number of rotatable bonds is 5. The van der Waals surface area contributed by atoms with Gasteiger partial charge in [0, 0.05) is 30.8 Å². The molecule has 5 heteroatoms. The summed E-state index contributed by atoms with van der Waals surface area (Å²) in [6.07, 6.45) is 2.49. The van der Waals surface area contributed by atoms with E-state index in [1.54, 1.807) is 11.9 Å². The Morgan fingerprint density at radius 1 is 1.47 bits per heavy atom. The summed E-state index contributed by atoms with van der Waals surface area (Å²) in [4.78, 5) is 11.9. The minimum absolute atomic E-state index is 0.288. The van der Waals surface area contributed by atoms with Crippen molar-refractivity contribution in [3.63, 3.8) is 0 Å². The van der Waals surface area contributed by atoms with Gasteiger partial charge < -0.3 is 5.11 Å². The van der Waals surface area contributed by atoms with E-state index in [0.717, 1.165) is 12.1 Å². The van der Waals surface area contributed by atoms with Gasteiger partial charge in [0.1, 0.15) is 11.6 Å². The average Bonchev–Trinajstić information content (AvgIpc) is 2.21. The topological polar surface area (TPSA) is 40.5 Å². The highest BCUT2D eigenvalue weighted by Gasteiger charge is 2.05. The number of hydrogen-bond acceptors (Lipinski definition) is 2. The highest BCUT2D eigenvalue weighted by Crippen LogP contribution is 2.11. The van der Waals surface area contributed by atoms with E-state index in [4.69, 9.17) is 5.11 Å². The molecule has 0 aromatic heterocycles. The Hall–Kier alpha value is -1.75. The van der Waals surface area contributed by atoms with Crippen molar-refractivity contribution in [3.05, 3.63) is 47.5 Å². The van der Waals surface area contributed by atoms with Crippen LogP contribution in [-0.4, -0.2) is 29.6 Å². The molecule has 1 rings (SSSR count). The molecule has 17 heavy (non-hydrogen) atoms. The van der Waals surface area contributed by atoms with E-state index in [2.05, 4.69) is 0 Å². The molecule has 0 aliphatic rings. The van der Waals surface area contributed by atoms with Gasteiger partial charge in [-0.1, -0.05) is 12.1 Å². The lowest BCUT2D eigenvalue weighted by Crippen LogP contribution is -2.18. The van der Waals surface area contributed by atoms with Gasteiger partial charge in [-0.3, -0.25) is 4.90 Å². The Bertz CT molecular complexity index is 433. The molecular formula is C12H13F2NO2. The molecule has 0 bridgehead atoms. The molecule has 0 aliphatic carbocycles. The predicted octanol–water partition coefficient (Wildman–Crippen LogP) is 2.04. The second-order valence-corrected chi connectivity index (χ2v) is 3.67. The summed E-state index contributed by atoms with van der Waals surface area (Å²) in [5.74, 6) is -2.23. The lowest BCUT2D eigenvalue weighted by molar-refractivity contribution is -0.131. The Morgan fingerprint density at radius 3 is 2.76 bits per heavy atom. The third-order valence-corrected chi connectivity index (χ3v) is 2.13. The van der Waals surface area contributed by atoms with Gasteiger partial charge in [-0.15, -0.1) is 0 Å². The number of benzene rings is 1. The predicted molar refractivity (Wildman–Crippen MR) is 59.5 cm³/mol. The van der Waals surface area contributed by atoms with Crippen LogP contribution in [-0.2, 0) is 11.3 Å². The molecule has 0 amide bonds. The summed E-state index contributed by atoms with van der Waals surface area (Å²) < 4.78 is 25.9. The third-order valence-electron chi connectivity index (χ3n) is 2.13. The van der Waals surface area contributed by atoms with E-state index < -0.39 is 17.6 Å². The molecule has 1 aromatic carbocycles. The average molecular weight is 241 g/mol. The zero-order valence-corrected chi connectivity index (χ0v) is 9.36. The van der Waals surface area contributed by atoms with Gasteiger partial charge in [0.15, 0.2) is 0 Å². The van der Waals surface area contributed by atoms with Crippen molar-refractivity contribution in [2.75, 3.05) is 13.6 Å². The zero-order chi connectivity index (χ0) is 12.8. The maximum atomic E-state index is 13.3. The summed E-state index contributed by atoms with van der Waals surface area (Å²) in [5, 5.41) is 8.38. The highest BCUT2D eigenvalue weighted by atomic mass is 19.1. The largest absolute Gasteiger partial charge is 0.478 e. The number of likely N-dealkylation sites (N-methyl/N-ethyl adjacent to an activating group) is 1. The van der Waals surface area contributed by atoms with E-state index >= 15 is 0 Å². The zero-order valence-electron chi connectivity index (χ0n) is 9.36. The standard InChI is InChI=1S/C12H13F2NO2/c1-15(6-2-3-12(16)17)8-9-4-5-10(13)7-11(9)14/h2-5,7H,6,8H2,1H3,(H,16,17)/b3-2+. The van der Waals surface area contributed by atoms with Crippen molar-refractivity contribution < 1.29 is 18.7 Å². The first-order valence-electron chi connectivity index (χ1n) is 5.01. The van der Waals surface area contributed by atoms with Gasteiger partial charge in [0.2, 0.25) is 0 Å². The van der Waals surface area contributed by atoms with Gasteiger partial charge >= 0.3 is 5.97 Å². The summed E-state index contributed by atoms with van der Waals surface area (Å²) >= 11 is 0. The molecule has 0 unspecified atom stereocenters. The molecular weight excluding hydrogens is 228 g/mol. The molecule has 0 saturated heterocycles. The van der Waals surface area contributed by atoms with E-state index in [-0.39, 0.29) is 6.54 Å². The summed E-state index contributed by atoms with van der Waals surface area (Å²) in [5.41, 5.74) is 0.373. The Kier molecular flexibility index (Phi) is 4.78. The fourth-order valence-electron chi connectivity index (χ4n) is 1.34. The fraction of sp³-hybridized carbons (Fsp3) is 0.250. The third kappa shape index (κ3) is 4.74. The van der Waals surface area contributed by atoms with Crippen LogP contribution in [0.3, 0.4) is 0 Å². The maximum absolute atomic E-state index is 13.3. The van der Waals surface area contributed by atoms with Gasteiger partial charge in [0.25, 0.3) is 0 Å². The molecule has 0 spiro atoms. The van der Waals surface area contributed by atoms with Gasteiger partial charge in [-0.25, -0.2) is 13.6 Å².